The maximum absolute atomic E-state index is 3.85. The van der Waals surface area contributed by atoms with Crippen LogP contribution in [-0.4, -0.2) is 11.4 Å². The van der Waals surface area contributed by atoms with Crippen molar-refractivity contribution in [1.29, 1.82) is 0 Å². The Balaban J connectivity index is 1.48. The van der Waals surface area contributed by atoms with Crippen LogP contribution < -0.4 is 4.90 Å². The predicted octanol–water partition coefficient (Wildman–Crippen LogP) is 13.2. The van der Waals surface area contributed by atoms with E-state index in [1.165, 1.54) is 71.6 Å². The summed E-state index contributed by atoms with van der Waals surface area (Å²) in [5, 5.41) is 0. The minimum Gasteiger partial charge on any atom is -0.341 e. The van der Waals surface area contributed by atoms with Crippen LogP contribution in [-0.2, 0) is 5.41 Å². The summed E-state index contributed by atoms with van der Waals surface area (Å²) in [7, 11) is 0. The van der Waals surface area contributed by atoms with Crippen molar-refractivity contribution in [3.05, 3.63) is 186 Å². The fraction of sp³-hybridized carbons (Fsp3) is 0.333. The number of hydrogen-bond donors (Lipinski definition) is 0. The molecule has 4 aliphatic rings. The zero-order chi connectivity index (χ0) is 35.2. The zero-order valence-electron chi connectivity index (χ0n) is 31.0. The summed E-state index contributed by atoms with van der Waals surface area (Å²) < 4.78 is 0. The second-order valence-corrected chi connectivity index (χ2v) is 14.1. The Morgan fingerprint density at radius 2 is 1.70 bits per heavy atom. The number of hydrogen-bond acceptors (Lipinski definition) is 2. The fourth-order valence-electron chi connectivity index (χ4n) is 7.60. The van der Waals surface area contributed by atoms with E-state index in [9.17, 15) is 0 Å². The molecule has 1 atom stereocenters. The average Bonchev–Trinajstić information content (AvgIpc) is 3.54. The summed E-state index contributed by atoms with van der Waals surface area (Å²) in [5.41, 5.74) is 10.6. The third-order valence-electron chi connectivity index (χ3n) is 10.4. The molecule has 0 heterocycles. The standard InChI is InChI=1S/C48H58N2/c1-6-8-12-21-41(5)50(46-25-17-20-39(3)28-33-46)47-34-29-43(30-35-47)48(36-15-11-16-37-48)42(19-7-2)22-18-38-49(44-23-13-9-10-14-24-44)45-31-26-40(4)27-32-45/h6,8-9,12-14,17-26,28-31,33-35,39H,1,7,10-11,15-16,27,32,36-38H2,2-5H3/b12-8-,22-18-,41-21+,42-19+. The highest BCUT2D eigenvalue weighted by Crippen LogP contribution is 2.46. The molecule has 5 rings (SSSR count). The van der Waals surface area contributed by atoms with Crippen molar-refractivity contribution in [2.45, 2.75) is 90.9 Å². The van der Waals surface area contributed by atoms with Gasteiger partial charge in [0.25, 0.3) is 0 Å². The van der Waals surface area contributed by atoms with Crippen molar-refractivity contribution in [3.63, 3.8) is 0 Å². The lowest BCUT2D eigenvalue weighted by Crippen LogP contribution is -2.31. The van der Waals surface area contributed by atoms with E-state index in [1.807, 2.05) is 12.2 Å². The molecule has 1 fully saturated rings. The monoisotopic (exact) mass is 662 g/mol. The topological polar surface area (TPSA) is 6.48 Å². The zero-order valence-corrected chi connectivity index (χ0v) is 31.0. The quantitative estimate of drug-likeness (QED) is 0.194. The Hall–Kier alpha value is -4.56. The molecule has 0 amide bonds. The molecule has 0 N–H and O–H groups in total. The number of benzene rings is 1. The lowest BCUT2D eigenvalue weighted by molar-refractivity contribution is 0.344. The van der Waals surface area contributed by atoms with Crippen LogP contribution in [0.3, 0.4) is 0 Å². The van der Waals surface area contributed by atoms with Crippen molar-refractivity contribution in [1.82, 2.24) is 4.90 Å². The van der Waals surface area contributed by atoms with Gasteiger partial charge in [-0.15, -0.1) is 0 Å². The number of rotatable bonds is 13. The van der Waals surface area contributed by atoms with Gasteiger partial charge in [-0.25, -0.2) is 0 Å². The minimum atomic E-state index is 0.0182. The van der Waals surface area contributed by atoms with Gasteiger partial charge in [0, 0.05) is 40.4 Å². The maximum Gasteiger partial charge on any atom is 0.0458 e. The smallest absolute Gasteiger partial charge is 0.0458 e. The van der Waals surface area contributed by atoms with Gasteiger partial charge in [0.1, 0.15) is 0 Å². The van der Waals surface area contributed by atoms with Gasteiger partial charge in [-0.1, -0.05) is 136 Å². The van der Waals surface area contributed by atoms with Gasteiger partial charge in [0.15, 0.2) is 0 Å². The molecule has 4 aliphatic carbocycles. The highest BCUT2D eigenvalue weighted by atomic mass is 15.2. The van der Waals surface area contributed by atoms with E-state index in [4.69, 9.17) is 0 Å². The Kier molecular flexibility index (Phi) is 13.5. The summed E-state index contributed by atoms with van der Waals surface area (Å²) in [5.74, 6) is 0.408. The van der Waals surface area contributed by atoms with Gasteiger partial charge in [0.05, 0.1) is 0 Å². The van der Waals surface area contributed by atoms with Crippen molar-refractivity contribution in [2.75, 3.05) is 11.4 Å². The van der Waals surface area contributed by atoms with Gasteiger partial charge >= 0.3 is 0 Å². The van der Waals surface area contributed by atoms with Crippen LogP contribution in [0.5, 0.6) is 0 Å². The van der Waals surface area contributed by atoms with E-state index in [0.29, 0.717) is 5.92 Å². The van der Waals surface area contributed by atoms with E-state index >= 15 is 0 Å². The first-order valence-electron chi connectivity index (χ1n) is 18.9. The molecule has 1 aromatic rings. The first-order valence-corrected chi connectivity index (χ1v) is 18.9. The molecule has 0 radical (unpaired) electrons. The molecule has 260 valence electrons. The fourth-order valence-corrected chi connectivity index (χ4v) is 7.60. The predicted molar refractivity (Wildman–Crippen MR) is 219 cm³/mol. The number of allylic oxidation sites excluding steroid dienone is 22. The Labute approximate surface area is 303 Å². The van der Waals surface area contributed by atoms with Gasteiger partial charge in [-0.3, -0.25) is 0 Å². The highest BCUT2D eigenvalue weighted by molar-refractivity contribution is 5.63. The number of anilines is 1. The molecule has 0 spiro atoms. The van der Waals surface area contributed by atoms with E-state index in [0.717, 1.165) is 37.9 Å². The molecule has 0 aromatic heterocycles. The molecule has 1 aromatic carbocycles. The van der Waals surface area contributed by atoms with Crippen LogP contribution in [0, 0.1) is 5.92 Å². The van der Waals surface area contributed by atoms with Gasteiger partial charge in [-0.05, 0) is 118 Å². The SMILES string of the molecule is C=C/C=C\C=C(/C)N(C1=CC=CC(C)C=C1)c1ccc(C2(C(/C=C\CN(C3=CC=CCC=C3)C3=CC=C(C)CC3)=C/CC)CCCCC2)cc1. The summed E-state index contributed by atoms with van der Waals surface area (Å²) >= 11 is 0. The average molecular weight is 663 g/mol. The minimum absolute atomic E-state index is 0.0182. The Bertz CT molecular complexity index is 1700. The van der Waals surface area contributed by atoms with Crippen LogP contribution in [0.1, 0.15) is 91.0 Å². The lowest BCUT2D eigenvalue weighted by Gasteiger charge is -2.40. The van der Waals surface area contributed by atoms with Crippen LogP contribution in [0.2, 0.25) is 0 Å². The van der Waals surface area contributed by atoms with Crippen LogP contribution in [0.4, 0.5) is 5.69 Å². The van der Waals surface area contributed by atoms with Crippen molar-refractivity contribution in [2.24, 2.45) is 5.92 Å². The molecular formula is C48H58N2. The molecule has 2 nitrogen and oxygen atoms in total. The second-order valence-electron chi connectivity index (χ2n) is 14.1. The largest absolute Gasteiger partial charge is 0.341 e. The maximum atomic E-state index is 3.85. The third-order valence-corrected chi connectivity index (χ3v) is 10.4. The molecule has 0 saturated heterocycles. The van der Waals surface area contributed by atoms with Crippen LogP contribution >= 0.6 is 0 Å². The first kappa shape index (κ1) is 36.7. The molecule has 0 bridgehead atoms. The molecule has 0 aliphatic heterocycles. The summed E-state index contributed by atoms with van der Waals surface area (Å²) in [4.78, 5) is 4.88. The van der Waals surface area contributed by atoms with Crippen molar-refractivity contribution in [3.8, 4) is 0 Å². The first-order chi connectivity index (χ1) is 24.4. The van der Waals surface area contributed by atoms with E-state index in [2.05, 4.69) is 172 Å². The van der Waals surface area contributed by atoms with Gasteiger partial charge < -0.3 is 9.80 Å². The van der Waals surface area contributed by atoms with E-state index in [-0.39, 0.29) is 5.41 Å². The highest BCUT2D eigenvalue weighted by Gasteiger charge is 2.36. The normalized spacial score (nSPS) is 21.0. The van der Waals surface area contributed by atoms with Crippen molar-refractivity contribution >= 4 is 5.69 Å². The molecule has 2 heteroatoms. The second kappa shape index (κ2) is 18.4. The lowest BCUT2D eigenvalue weighted by atomic mass is 9.64. The molecule has 1 saturated carbocycles. The Morgan fingerprint density at radius 1 is 0.900 bits per heavy atom. The molecular weight excluding hydrogens is 605 g/mol. The summed E-state index contributed by atoms with van der Waals surface area (Å²) in [6, 6.07) is 9.51. The molecule has 50 heavy (non-hydrogen) atoms. The Morgan fingerprint density at radius 3 is 2.44 bits per heavy atom. The van der Waals surface area contributed by atoms with Crippen molar-refractivity contribution < 1.29 is 0 Å². The van der Waals surface area contributed by atoms with E-state index in [1.54, 1.807) is 0 Å². The summed E-state index contributed by atoms with van der Waals surface area (Å²) in [6.07, 6.45) is 52.9. The van der Waals surface area contributed by atoms with Gasteiger partial charge in [-0.2, -0.15) is 0 Å². The van der Waals surface area contributed by atoms with Crippen LogP contribution in [0.25, 0.3) is 0 Å². The molecule has 1 unspecified atom stereocenters. The van der Waals surface area contributed by atoms with Gasteiger partial charge in [0.2, 0.25) is 0 Å². The third kappa shape index (κ3) is 9.36. The number of nitrogens with zero attached hydrogens (tertiary/aromatic N) is 2. The summed E-state index contributed by atoms with van der Waals surface area (Å²) in [6.45, 7) is 13.6. The van der Waals surface area contributed by atoms with Crippen LogP contribution in [0.15, 0.2) is 180 Å². The van der Waals surface area contributed by atoms with E-state index < -0.39 is 0 Å².